The van der Waals surface area contributed by atoms with E-state index in [2.05, 4.69) is 233 Å². The molecule has 0 unspecified atom stereocenters. The van der Waals surface area contributed by atoms with E-state index in [1.165, 1.54) is 84.9 Å². The van der Waals surface area contributed by atoms with Crippen LogP contribution in [-0.2, 0) is 39.5 Å². The third kappa shape index (κ3) is 16.9. The van der Waals surface area contributed by atoms with Gasteiger partial charge in [-0.15, -0.1) is 22.7 Å². The van der Waals surface area contributed by atoms with Gasteiger partial charge in [-0.2, -0.15) is 0 Å². The Morgan fingerprint density at radius 2 is 0.966 bits per heavy atom. The number of hydrogen-bond donors (Lipinski definition) is 0. The van der Waals surface area contributed by atoms with E-state index in [4.69, 9.17) is 4.98 Å². The molecule has 0 radical (unpaired) electrons. The van der Waals surface area contributed by atoms with Crippen LogP contribution >= 0.6 is 22.7 Å². The van der Waals surface area contributed by atoms with Gasteiger partial charge < -0.3 is 9.13 Å². The van der Waals surface area contributed by atoms with Gasteiger partial charge in [-0.25, -0.2) is 27.5 Å². The summed E-state index contributed by atoms with van der Waals surface area (Å²) in [6, 6.07) is 14.2. The molecule has 14 heteroatoms. The summed E-state index contributed by atoms with van der Waals surface area (Å²) in [6.45, 7) is 58.8. The van der Waals surface area contributed by atoms with E-state index in [0.717, 1.165) is 48.6 Å². The zero-order valence-corrected chi connectivity index (χ0v) is 59.8. The van der Waals surface area contributed by atoms with E-state index in [1.54, 1.807) is 46.9 Å². The summed E-state index contributed by atoms with van der Waals surface area (Å²) in [4.78, 5) is 27.9. The number of hydrogen-bond acceptors (Lipinski definition) is 8. The molecule has 484 valence electrons. The zero-order valence-electron chi connectivity index (χ0n) is 58.1. The standard InChI is InChI=1S/C15H21FN2.C15H19FN2.C15H20FNS.C15H21NS.C14H19FN2.CH4/c1-9(2)12-13-11(7-10(16)8-17-13)18(6)14(12)15(3,4)5;1-9(2)13-11(15(3,4)5)8-17-12-6-10(16)7-18-14(12)13;1-14(2,3)11-12-10(7-9(16)8-17-12)18-13(11)15(4,5)6;1-9(2)11-7-8-12-14(16-10(3)17-12)13(11)15(4,5)6;1-9(2)17-12-8-10(15)6-7-11(12)16-13(17)14(3,4)5;/h7-9H,1-6H3;6-9H,1-5H3;7-8H,1-6H3;7-9H,1-6H3;6-9H,1-5H3;1H4. The van der Waals surface area contributed by atoms with Gasteiger partial charge in [0.25, 0.3) is 0 Å². The topological polar surface area (TPSA) is 87.2 Å². The number of pyridine rings is 4. The highest BCUT2D eigenvalue weighted by molar-refractivity contribution is 7.19. The van der Waals surface area contributed by atoms with Crippen LogP contribution in [0.1, 0.15) is 266 Å². The van der Waals surface area contributed by atoms with Crippen molar-refractivity contribution >= 4 is 76.2 Å². The average Bonchev–Trinajstić information content (AvgIpc) is 1.86. The molecule has 0 saturated carbocycles. The lowest BCUT2D eigenvalue weighted by Crippen LogP contribution is -2.20. The van der Waals surface area contributed by atoms with Gasteiger partial charge in [-0.1, -0.05) is 180 Å². The molecule has 0 aliphatic rings. The summed E-state index contributed by atoms with van der Waals surface area (Å²) in [5.41, 5.74) is 16.4. The van der Waals surface area contributed by atoms with Crippen molar-refractivity contribution in [2.75, 3.05) is 0 Å². The number of fused-ring (bicyclic) bond motifs is 5. The van der Waals surface area contributed by atoms with Crippen molar-refractivity contribution in [1.82, 2.24) is 39.0 Å². The maximum atomic E-state index is 13.4. The predicted octanol–water partition coefficient (Wildman–Crippen LogP) is 23.1. The second-order valence-electron chi connectivity index (χ2n) is 30.9. The summed E-state index contributed by atoms with van der Waals surface area (Å²) in [7, 11) is 2.00. The number of thiazole rings is 1. The van der Waals surface area contributed by atoms with Crippen LogP contribution in [0.25, 0.3) is 53.5 Å². The maximum absolute atomic E-state index is 13.4. The van der Waals surface area contributed by atoms with E-state index in [0.29, 0.717) is 23.3 Å². The van der Waals surface area contributed by atoms with Crippen LogP contribution in [0.4, 0.5) is 17.6 Å². The molecule has 8 heterocycles. The van der Waals surface area contributed by atoms with Crippen molar-refractivity contribution in [3.8, 4) is 0 Å². The molecule has 0 N–H and O–H groups in total. The van der Waals surface area contributed by atoms with Gasteiger partial charge in [0, 0.05) is 58.4 Å². The second-order valence-corrected chi connectivity index (χ2v) is 33.1. The van der Waals surface area contributed by atoms with Crippen molar-refractivity contribution in [2.45, 2.75) is 251 Å². The summed E-state index contributed by atoms with van der Waals surface area (Å²) in [6.07, 6.45) is 5.75. The molecule has 0 fully saturated rings. The largest absolute Gasteiger partial charge is 0.345 e. The van der Waals surface area contributed by atoms with Gasteiger partial charge in [0.1, 0.15) is 29.1 Å². The number of aromatic nitrogens is 8. The first kappa shape index (κ1) is 73.6. The Morgan fingerprint density at radius 1 is 0.438 bits per heavy atom. The molecule has 2 aromatic carbocycles. The summed E-state index contributed by atoms with van der Waals surface area (Å²) >= 11 is 3.46. The Labute approximate surface area is 538 Å². The minimum Gasteiger partial charge on any atom is -0.345 e. The molecule has 0 saturated heterocycles. The maximum Gasteiger partial charge on any atom is 0.143 e. The quantitative estimate of drug-likeness (QED) is 0.163. The monoisotopic (exact) mass is 1260 g/mol. The Balaban J connectivity index is 0.000000202. The van der Waals surface area contributed by atoms with E-state index in [1.807, 2.05) is 13.2 Å². The Kier molecular flexibility index (Phi) is 22.6. The first-order chi connectivity index (χ1) is 40.2. The number of halogens is 4. The van der Waals surface area contributed by atoms with Gasteiger partial charge >= 0.3 is 0 Å². The second kappa shape index (κ2) is 27.4. The van der Waals surface area contributed by atoms with Crippen LogP contribution < -0.4 is 0 Å². The molecule has 0 amide bonds. The van der Waals surface area contributed by atoms with E-state index in [9.17, 15) is 17.6 Å². The molecule has 10 aromatic rings. The van der Waals surface area contributed by atoms with Crippen molar-refractivity contribution in [3.05, 3.63) is 151 Å². The van der Waals surface area contributed by atoms with Crippen LogP contribution in [0.3, 0.4) is 0 Å². The third-order valence-electron chi connectivity index (χ3n) is 15.3. The SMILES string of the molecule is C.CC(C)(C)c1sc2cc(F)cnc2c1C(C)(C)C.CC(C)c1c(C(C)(C)C)cnc2cc(F)cnc12.CC(C)c1c(C(C)(C)C)n(C)c2cc(F)cnc12.CC(C)n1c(C(C)(C)C)nc2ccc(F)cc21.Cc1nc2c(C(C)(C)C)c(C(C)C)ccc2s1. The fourth-order valence-electron chi connectivity index (χ4n) is 11.7. The predicted molar refractivity (Wildman–Crippen MR) is 375 cm³/mol. The fraction of sp³-hybridized carbons (Fsp3) is 0.520. The lowest BCUT2D eigenvalue weighted by molar-refractivity contribution is 0.477. The number of aryl methyl sites for hydroxylation is 2. The van der Waals surface area contributed by atoms with E-state index >= 15 is 0 Å². The van der Waals surface area contributed by atoms with Crippen LogP contribution in [0, 0.1) is 30.2 Å². The van der Waals surface area contributed by atoms with Gasteiger partial charge in [-0.05, 0) is 118 Å². The highest BCUT2D eigenvalue weighted by Crippen LogP contribution is 2.45. The molecule has 89 heavy (non-hydrogen) atoms. The highest BCUT2D eigenvalue weighted by atomic mass is 32.1. The molecule has 8 aromatic heterocycles. The Bertz CT molecular complexity index is 4080. The van der Waals surface area contributed by atoms with Gasteiger partial charge in [0.15, 0.2) is 0 Å². The van der Waals surface area contributed by atoms with Crippen molar-refractivity contribution < 1.29 is 17.6 Å². The third-order valence-corrected chi connectivity index (χ3v) is 17.8. The summed E-state index contributed by atoms with van der Waals surface area (Å²) < 4.78 is 59.7. The lowest BCUT2D eigenvalue weighted by Gasteiger charge is -2.26. The molecular formula is C75H104F4N8S2. The Hall–Kier alpha value is -6.12. The minimum absolute atomic E-state index is 0. The van der Waals surface area contributed by atoms with Gasteiger partial charge in [-0.3, -0.25) is 19.9 Å². The molecule has 0 aliphatic heterocycles. The van der Waals surface area contributed by atoms with E-state index < -0.39 is 0 Å². The van der Waals surface area contributed by atoms with Crippen molar-refractivity contribution in [2.24, 2.45) is 7.05 Å². The molecule has 0 atom stereocenters. The van der Waals surface area contributed by atoms with E-state index in [-0.39, 0.29) is 69.2 Å². The number of rotatable bonds is 4. The molecule has 8 nitrogen and oxygen atoms in total. The molecule has 0 spiro atoms. The molecule has 0 bridgehead atoms. The first-order valence-corrected chi connectivity index (χ1v) is 32.6. The fourth-order valence-corrected chi connectivity index (χ4v) is 14.0. The number of nitrogens with zero attached hydrogens (tertiary/aromatic N) is 8. The van der Waals surface area contributed by atoms with Crippen molar-refractivity contribution in [1.29, 1.82) is 0 Å². The van der Waals surface area contributed by atoms with Crippen LogP contribution in [0.2, 0.25) is 0 Å². The normalized spacial score (nSPS) is 12.6. The van der Waals surface area contributed by atoms with Gasteiger partial charge in [0.05, 0.1) is 77.1 Å². The lowest BCUT2D eigenvalue weighted by atomic mass is 9.80. The van der Waals surface area contributed by atoms with Crippen molar-refractivity contribution in [3.63, 3.8) is 0 Å². The number of benzene rings is 2. The zero-order chi connectivity index (χ0) is 66.5. The first-order valence-electron chi connectivity index (χ1n) is 31.0. The summed E-state index contributed by atoms with van der Waals surface area (Å²) in [5, 5.41) is 1.16. The van der Waals surface area contributed by atoms with Crippen LogP contribution in [-0.4, -0.2) is 39.0 Å². The van der Waals surface area contributed by atoms with Gasteiger partial charge in [0.2, 0.25) is 0 Å². The number of thiophene rings is 1. The highest BCUT2D eigenvalue weighted by Gasteiger charge is 2.32. The molecule has 10 rings (SSSR count). The summed E-state index contributed by atoms with van der Waals surface area (Å²) in [5.74, 6) is 1.18. The smallest absolute Gasteiger partial charge is 0.143 e. The molecular weight excluding hydrogens is 1150 g/mol. The average molecular weight is 1260 g/mol. The molecule has 0 aliphatic carbocycles. The van der Waals surface area contributed by atoms with Crippen LogP contribution in [0.5, 0.6) is 0 Å². The Morgan fingerprint density at radius 3 is 1.46 bits per heavy atom. The minimum atomic E-state index is -0.340. The number of imidazole rings is 1. The van der Waals surface area contributed by atoms with Crippen LogP contribution in [0.15, 0.2) is 73.3 Å².